The van der Waals surface area contributed by atoms with Crippen LogP contribution < -0.4 is 0 Å². The molecule has 0 aliphatic heterocycles. The first kappa shape index (κ1) is 17.5. The Morgan fingerprint density at radius 1 is 1.22 bits per heavy atom. The molecule has 0 bridgehead atoms. The molecule has 1 heterocycles. The van der Waals surface area contributed by atoms with Crippen molar-refractivity contribution in [2.24, 2.45) is 5.92 Å². The highest BCUT2D eigenvalue weighted by molar-refractivity contribution is 5.92. The van der Waals surface area contributed by atoms with Gasteiger partial charge in [-0.1, -0.05) is 32.4 Å². The highest BCUT2D eigenvalue weighted by Gasteiger charge is 2.22. The van der Waals surface area contributed by atoms with Gasteiger partial charge in [0.25, 0.3) is 0 Å². The molecule has 2 unspecified atom stereocenters. The average molecular weight is 317 g/mol. The Balaban J connectivity index is 2.01. The molecular formula is C19H27NO3. The van der Waals surface area contributed by atoms with Crippen LogP contribution in [0.4, 0.5) is 0 Å². The molecule has 0 radical (unpaired) electrons. The summed E-state index contributed by atoms with van der Waals surface area (Å²) in [4.78, 5) is 14.6. The quantitative estimate of drug-likeness (QED) is 0.715. The minimum atomic E-state index is -0.391. The van der Waals surface area contributed by atoms with Gasteiger partial charge in [0.15, 0.2) is 0 Å². The van der Waals surface area contributed by atoms with E-state index in [9.17, 15) is 4.79 Å². The molecule has 0 spiro atoms. The Morgan fingerprint density at radius 2 is 1.91 bits per heavy atom. The lowest BCUT2D eigenvalue weighted by molar-refractivity contribution is 0.0141. The molecule has 1 aromatic heterocycles. The van der Waals surface area contributed by atoms with E-state index in [1.807, 2.05) is 32.0 Å². The van der Waals surface area contributed by atoms with Gasteiger partial charge in [-0.3, -0.25) is 0 Å². The van der Waals surface area contributed by atoms with Crippen LogP contribution in [0.1, 0.15) is 43.8 Å². The first-order valence-electron chi connectivity index (χ1n) is 8.38. The van der Waals surface area contributed by atoms with Gasteiger partial charge in [-0.2, -0.15) is 0 Å². The number of benzene rings is 1. The number of hydrogen-bond donors (Lipinski definition) is 0. The minimum Gasteiger partial charge on any atom is -0.456 e. The van der Waals surface area contributed by atoms with Crippen LogP contribution in [0, 0.1) is 12.8 Å². The summed E-state index contributed by atoms with van der Waals surface area (Å²) >= 11 is 0. The van der Waals surface area contributed by atoms with Crippen LogP contribution in [-0.4, -0.2) is 36.6 Å². The molecule has 1 aromatic carbocycles. The van der Waals surface area contributed by atoms with E-state index in [1.54, 1.807) is 6.07 Å². The van der Waals surface area contributed by atoms with E-state index >= 15 is 0 Å². The zero-order valence-electron chi connectivity index (χ0n) is 14.8. The van der Waals surface area contributed by atoms with Gasteiger partial charge in [0.2, 0.25) is 5.76 Å². The van der Waals surface area contributed by atoms with Gasteiger partial charge >= 0.3 is 5.97 Å². The molecule has 0 saturated carbocycles. The molecule has 2 atom stereocenters. The Kier molecular flexibility index (Phi) is 5.83. The molecule has 4 nitrogen and oxygen atoms in total. The highest BCUT2D eigenvalue weighted by Crippen LogP contribution is 2.22. The second-order valence-electron chi connectivity index (χ2n) is 6.23. The summed E-state index contributed by atoms with van der Waals surface area (Å²) in [7, 11) is 0. The van der Waals surface area contributed by atoms with E-state index in [0.29, 0.717) is 5.58 Å². The number of hydrogen-bond acceptors (Lipinski definition) is 4. The van der Waals surface area contributed by atoms with Crippen LogP contribution in [-0.2, 0) is 4.74 Å². The molecule has 4 heteroatoms. The van der Waals surface area contributed by atoms with Crippen molar-refractivity contribution in [1.29, 1.82) is 0 Å². The Hall–Kier alpha value is -1.81. The number of nitrogens with zero attached hydrogens (tertiary/aromatic N) is 1. The third-order valence-corrected chi connectivity index (χ3v) is 4.41. The van der Waals surface area contributed by atoms with Crippen molar-refractivity contribution in [2.75, 3.05) is 19.6 Å². The van der Waals surface area contributed by atoms with Crippen molar-refractivity contribution in [3.05, 3.63) is 35.6 Å². The molecule has 0 aliphatic carbocycles. The molecule has 126 valence electrons. The van der Waals surface area contributed by atoms with Crippen LogP contribution in [0.5, 0.6) is 0 Å². The van der Waals surface area contributed by atoms with E-state index in [0.717, 1.165) is 30.6 Å². The second-order valence-corrected chi connectivity index (χ2v) is 6.23. The third-order valence-electron chi connectivity index (χ3n) is 4.41. The number of furan rings is 1. The summed E-state index contributed by atoms with van der Waals surface area (Å²) < 4.78 is 11.2. The van der Waals surface area contributed by atoms with Gasteiger partial charge < -0.3 is 14.1 Å². The lowest BCUT2D eigenvalue weighted by Gasteiger charge is -2.26. The predicted molar refractivity (Wildman–Crippen MR) is 92.8 cm³/mol. The summed E-state index contributed by atoms with van der Waals surface area (Å²) in [5, 5.41) is 0.931. The standard InChI is InChI=1S/C19H27NO3/c1-6-20(7-2)12-14(4)15(5)22-19(21)18-11-16-10-13(3)8-9-17(16)23-18/h8-11,14-15H,6-7,12H2,1-5H3. The molecule has 0 amide bonds. The van der Waals surface area contributed by atoms with Gasteiger partial charge in [-0.05, 0) is 45.1 Å². The first-order valence-corrected chi connectivity index (χ1v) is 8.38. The predicted octanol–water partition coefficient (Wildman–Crippen LogP) is 4.26. The maximum Gasteiger partial charge on any atom is 0.374 e. The smallest absolute Gasteiger partial charge is 0.374 e. The summed E-state index contributed by atoms with van der Waals surface area (Å²) in [6.07, 6.45) is -0.155. The molecule has 2 aromatic rings. The van der Waals surface area contributed by atoms with Crippen molar-refractivity contribution < 1.29 is 13.9 Å². The van der Waals surface area contributed by atoms with Crippen molar-refractivity contribution in [3.63, 3.8) is 0 Å². The van der Waals surface area contributed by atoms with Crippen LogP contribution >= 0.6 is 0 Å². The number of esters is 1. The summed E-state index contributed by atoms with van der Waals surface area (Å²) in [6.45, 7) is 13.3. The summed E-state index contributed by atoms with van der Waals surface area (Å²) in [6, 6.07) is 7.61. The van der Waals surface area contributed by atoms with Crippen LogP contribution in [0.15, 0.2) is 28.7 Å². The van der Waals surface area contributed by atoms with Crippen molar-refractivity contribution >= 4 is 16.9 Å². The van der Waals surface area contributed by atoms with E-state index in [-0.39, 0.29) is 17.8 Å². The number of rotatable bonds is 7. The zero-order valence-corrected chi connectivity index (χ0v) is 14.8. The maximum absolute atomic E-state index is 12.3. The van der Waals surface area contributed by atoms with Crippen LogP contribution in [0.2, 0.25) is 0 Å². The fourth-order valence-electron chi connectivity index (χ4n) is 2.64. The summed E-state index contributed by atoms with van der Waals surface area (Å²) in [5.41, 5.74) is 1.85. The zero-order chi connectivity index (χ0) is 17.0. The average Bonchev–Trinajstić information content (AvgIpc) is 2.95. The normalized spacial score (nSPS) is 14.2. The molecule has 0 saturated heterocycles. The minimum absolute atomic E-state index is 0.155. The van der Waals surface area contributed by atoms with E-state index in [2.05, 4.69) is 25.7 Å². The molecule has 23 heavy (non-hydrogen) atoms. The van der Waals surface area contributed by atoms with Gasteiger partial charge in [-0.15, -0.1) is 0 Å². The fourth-order valence-corrected chi connectivity index (χ4v) is 2.64. The number of carbonyl (C=O) groups is 1. The lowest BCUT2D eigenvalue weighted by atomic mass is 10.1. The van der Waals surface area contributed by atoms with E-state index in [4.69, 9.17) is 9.15 Å². The first-order chi connectivity index (χ1) is 10.9. The second kappa shape index (κ2) is 7.64. The molecule has 0 aliphatic rings. The van der Waals surface area contributed by atoms with Crippen LogP contribution in [0.3, 0.4) is 0 Å². The SMILES string of the molecule is CCN(CC)CC(C)C(C)OC(=O)c1cc2cc(C)ccc2o1. The molecule has 2 rings (SSSR count). The molecule has 0 N–H and O–H groups in total. The van der Waals surface area contributed by atoms with Gasteiger partial charge in [-0.25, -0.2) is 4.79 Å². The van der Waals surface area contributed by atoms with Crippen molar-refractivity contribution in [3.8, 4) is 0 Å². The van der Waals surface area contributed by atoms with Gasteiger partial charge in [0, 0.05) is 17.8 Å². The van der Waals surface area contributed by atoms with Gasteiger partial charge in [0.1, 0.15) is 11.7 Å². The Morgan fingerprint density at radius 3 is 2.57 bits per heavy atom. The Labute approximate surface area is 138 Å². The van der Waals surface area contributed by atoms with Crippen LogP contribution in [0.25, 0.3) is 11.0 Å². The number of aryl methyl sites for hydroxylation is 1. The van der Waals surface area contributed by atoms with E-state index < -0.39 is 5.97 Å². The number of fused-ring (bicyclic) bond motifs is 1. The van der Waals surface area contributed by atoms with Crippen molar-refractivity contribution in [2.45, 2.75) is 40.7 Å². The lowest BCUT2D eigenvalue weighted by Crippen LogP contribution is -2.34. The van der Waals surface area contributed by atoms with E-state index in [1.165, 1.54) is 0 Å². The van der Waals surface area contributed by atoms with Crippen molar-refractivity contribution in [1.82, 2.24) is 4.90 Å². The largest absolute Gasteiger partial charge is 0.456 e. The monoisotopic (exact) mass is 317 g/mol. The Bertz CT molecular complexity index is 658. The summed E-state index contributed by atoms with van der Waals surface area (Å²) in [5.74, 6) is 0.149. The molecular weight excluding hydrogens is 290 g/mol. The third kappa shape index (κ3) is 4.35. The van der Waals surface area contributed by atoms with Gasteiger partial charge in [0.05, 0.1) is 0 Å². The maximum atomic E-state index is 12.3. The topological polar surface area (TPSA) is 42.7 Å². The molecule has 0 fully saturated rings. The highest BCUT2D eigenvalue weighted by atomic mass is 16.6. The number of ether oxygens (including phenoxy) is 1. The number of carbonyl (C=O) groups excluding carboxylic acids is 1. The fraction of sp³-hybridized carbons (Fsp3) is 0.526.